The Hall–Kier alpha value is -3.33. The molecule has 3 aromatic rings. The summed E-state index contributed by atoms with van der Waals surface area (Å²) in [4.78, 5) is 55.3. The van der Waals surface area contributed by atoms with E-state index < -0.39 is 17.9 Å². The van der Waals surface area contributed by atoms with Gasteiger partial charge in [0.1, 0.15) is 22.5 Å². The van der Waals surface area contributed by atoms with Crippen molar-refractivity contribution in [2.24, 2.45) is 0 Å². The van der Waals surface area contributed by atoms with E-state index in [2.05, 4.69) is 22.9 Å². The van der Waals surface area contributed by atoms with Gasteiger partial charge in [0.2, 0.25) is 5.91 Å². The van der Waals surface area contributed by atoms with E-state index in [1.807, 2.05) is 6.92 Å². The number of aryl methyl sites for hydroxylation is 2. The number of imide groups is 1. The molecule has 2 aliphatic rings. The van der Waals surface area contributed by atoms with Crippen molar-refractivity contribution in [2.75, 3.05) is 31.1 Å². The molecule has 2 aromatic heterocycles. The van der Waals surface area contributed by atoms with Crippen LogP contribution in [0.2, 0.25) is 0 Å². The van der Waals surface area contributed by atoms with E-state index in [1.165, 1.54) is 4.88 Å². The van der Waals surface area contributed by atoms with Gasteiger partial charge in [-0.3, -0.25) is 19.3 Å². The number of thiophene rings is 1. The Labute approximate surface area is 195 Å². The monoisotopic (exact) mass is 463 g/mol. The second kappa shape index (κ2) is 8.22. The topological polar surface area (TPSA) is 86.7 Å². The normalized spacial score (nSPS) is 17.1. The van der Waals surface area contributed by atoms with Crippen LogP contribution in [-0.4, -0.2) is 69.7 Å². The van der Waals surface area contributed by atoms with Crippen molar-refractivity contribution in [3.8, 4) is 0 Å². The van der Waals surface area contributed by atoms with Crippen LogP contribution in [0.15, 0.2) is 30.3 Å². The summed E-state index contributed by atoms with van der Waals surface area (Å²) in [6.45, 7) is 7.92. The molecule has 1 unspecified atom stereocenters. The molecule has 1 aromatic carbocycles. The molecule has 2 aliphatic heterocycles. The van der Waals surface area contributed by atoms with Gasteiger partial charge in [-0.15, -0.1) is 11.3 Å². The number of carbonyl (C=O) groups is 3. The number of aromatic nitrogens is 2. The van der Waals surface area contributed by atoms with Crippen molar-refractivity contribution >= 4 is 45.1 Å². The molecule has 33 heavy (non-hydrogen) atoms. The molecule has 0 radical (unpaired) electrons. The maximum absolute atomic E-state index is 13.2. The summed E-state index contributed by atoms with van der Waals surface area (Å²) >= 11 is 1.70. The number of carbonyl (C=O) groups excluding carboxylic acids is 3. The first kappa shape index (κ1) is 21.5. The minimum absolute atomic E-state index is 0.211. The van der Waals surface area contributed by atoms with Crippen molar-refractivity contribution in [1.29, 1.82) is 0 Å². The second-order valence-electron chi connectivity index (χ2n) is 8.39. The van der Waals surface area contributed by atoms with Crippen LogP contribution in [0.3, 0.4) is 0 Å². The highest BCUT2D eigenvalue weighted by molar-refractivity contribution is 7.18. The molecule has 0 aliphatic carbocycles. The molecule has 1 saturated heterocycles. The third-order valence-corrected chi connectivity index (χ3v) is 7.52. The Kier molecular flexibility index (Phi) is 5.36. The highest BCUT2D eigenvalue weighted by Gasteiger charge is 2.42. The molecule has 0 spiro atoms. The van der Waals surface area contributed by atoms with Crippen LogP contribution in [0.1, 0.15) is 45.3 Å². The Balaban J connectivity index is 1.30. The van der Waals surface area contributed by atoms with Gasteiger partial charge in [0.25, 0.3) is 11.8 Å². The maximum atomic E-state index is 13.2. The van der Waals surface area contributed by atoms with Crippen molar-refractivity contribution in [1.82, 2.24) is 19.8 Å². The predicted octanol–water partition coefficient (Wildman–Crippen LogP) is 2.90. The lowest BCUT2D eigenvalue weighted by Gasteiger charge is -2.37. The van der Waals surface area contributed by atoms with Gasteiger partial charge in [0.15, 0.2) is 0 Å². The van der Waals surface area contributed by atoms with Gasteiger partial charge in [0.05, 0.1) is 16.5 Å². The molecule has 0 N–H and O–H groups in total. The SMILES string of the molecule is CCc1cc2c(N3CCN(C(=O)C(C)N4C(=O)c5ccccc5C4=O)CC3)nc(C)nc2s1. The van der Waals surface area contributed by atoms with E-state index in [0.717, 1.165) is 33.2 Å². The summed E-state index contributed by atoms with van der Waals surface area (Å²) < 4.78 is 0. The summed E-state index contributed by atoms with van der Waals surface area (Å²) in [7, 11) is 0. The number of fused-ring (bicyclic) bond motifs is 2. The molecule has 0 bridgehead atoms. The van der Waals surface area contributed by atoms with Crippen LogP contribution in [0.25, 0.3) is 10.2 Å². The molecule has 170 valence electrons. The highest BCUT2D eigenvalue weighted by atomic mass is 32.1. The fraction of sp³-hybridized carbons (Fsp3) is 0.375. The predicted molar refractivity (Wildman–Crippen MR) is 127 cm³/mol. The van der Waals surface area contributed by atoms with Crippen LogP contribution in [0.4, 0.5) is 5.82 Å². The first-order chi connectivity index (χ1) is 15.9. The summed E-state index contributed by atoms with van der Waals surface area (Å²) in [6, 6.07) is 8.02. The number of rotatable bonds is 4. The number of benzene rings is 1. The Bertz CT molecular complexity index is 1240. The zero-order valence-corrected chi connectivity index (χ0v) is 19.7. The van der Waals surface area contributed by atoms with Crippen molar-refractivity contribution in [2.45, 2.75) is 33.2 Å². The molecule has 1 fully saturated rings. The lowest BCUT2D eigenvalue weighted by Crippen LogP contribution is -2.55. The summed E-state index contributed by atoms with van der Waals surface area (Å²) in [5.41, 5.74) is 0.717. The summed E-state index contributed by atoms with van der Waals surface area (Å²) in [5.74, 6) is 0.627. The van der Waals surface area contributed by atoms with E-state index in [1.54, 1.807) is 47.4 Å². The third-order valence-electron chi connectivity index (χ3n) is 6.34. The van der Waals surface area contributed by atoms with Crippen LogP contribution in [0, 0.1) is 6.92 Å². The van der Waals surface area contributed by atoms with E-state index in [-0.39, 0.29) is 5.91 Å². The first-order valence-electron chi connectivity index (χ1n) is 11.2. The average molecular weight is 464 g/mol. The van der Waals surface area contributed by atoms with Crippen LogP contribution >= 0.6 is 11.3 Å². The van der Waals surface area contributed by atoms with Gasteiger partial charge in [-0.1, -0.05) is 19.1 Å². The van der Waals surface area contributed by atoms with Gasteiger partial charge < -0.3 is 9.80 Å². The lowest BCUT2D eigenvalue weighted by atomic mass is 10.1. The van der Waals surface area contributed by atoms with E-state index >= 15 is 0 Å². The molecule has 5 rings (SSSR count). The zero-order chi connectivity index (χ0) is 23.3. The molecule has 3 amide bonds. The molecular formula is C24H25N5O3S. The summed E-state index contributed by atoms with van der Waals surface area (Å²) in [5, 5.41) is 1.06. The highest BCUT2D eigenvalue weighted by Crippen LogP contribution is 2.32. The summed E-state index contributed by atoms with van der Waals surface area (Å²) in [6.07, 6.45) is 0.956. The van der Waals surface area contributed by atoms with Gasteiger partial charge in [-0.25, -0.2) is 9.97 Å². The van der Waals surface area contributed by atoms with Crippen LogP contribution < -0.4 is 4.90 Å². The molecule has 4 heterocycles. The first-order valence-corrected chi connectivity index (χ1v) is 12.0. The van der Waals surface area contributed by atoms with Crippen molar-refractivity contribution < 1.29 is 14.4 Å². The number of anilines is 1. The number of nitrogens with zero attached hydrogens (tertiary/aromatic N) is 5. The Morgan fingerprint density at radius 1 is 1.06 bits per heavy atom. The number of piperazine rings is 1. The molecular weight excluding hydrogens is 438 g/mol. The number of hydrogen-bond acceptors (Lipinski definition) is 7. The fourth-order valence-corrected chi connectivity index (χ4v) is 5.56. The Morgan fingerprint density at radius 3 is 2.30 bits per heavy atom. The Morgan fingerprint density at radius 2 is 1.70 bits per heavy atom. The van der Waals surface area contributed by atoms with Gasteiger partial charge in [0, 0.05) is 31.1 Å². The number of hydrogen-bond donors (Lipinski definition) is 0. The van der Waals surface area contributed by atoms with E-state index in [9.17, 15) is 14.4 Å². The number of amides is 3. The van der Waals surface area contributed by atoms with Gasteiger partial charge >= 0.3 is 0 Å². The fourth-order valence-electron chi connectivity index (χ4n) is 4.55. The van der Waals surface area contributed by atoms with Crippen LogP contribution in [-0.2, 0) is 11.2 Å². The smallest absolute Gasteiger partial charge is 0.262 e. The van der Waals surface area contributed by atoms with Crippen LogP contribution in [0.5, 0.6) is 0 Å². The van der Waals surface area contributed by atoms with E-state index in [4.69, 9.17) is 4.98 Å². The third kappa shape index (κ3) is 3.56. The lowest BCUT2D eigenvalue weighted by molar-refractivity contribution is -0.135. The van der Waals surface area contributed by atoms with E-state index in [0.29, 0.717) is 37.3 Å². The molecule has 8 nitrogen and oxygen atoms in total. The molecule has 1 atom stereocenters. The minimum atomic E-state index is -0.846. The largest absolute Gasteiger partial charge is 0.352 e. The van der Waals surface area contributed by atoms with Gasteiger partial charge in [-0.2, -0.15) is 0 Å². The van der Waals surface area contributed by atoms with Crippen molar-refractivity contribution in [3.63, 3.8) is 0 Å². The standard InChI is InChI=1S/C24H25N5O3S/c1-4-16-13-19-20(25-15(3)26-21(19)33-16)27-9-11-28(12-10-27)22(30)14(2)29-23(31)17-7-5-6-8-18(17)24(29)32/h5-8,13-14H,4,9-12H2,1-3H3. The molecule has 0 saturated carbocycles. The minimum Gasteiger partial charge on any atom is -0.352 e. The van der Waals surface area contributed by atoms with Gasteiger partial charge in [-0.05, 0) is 38.5 Å². The quantitative estimate of drug-likeness (QED) is 0.553. The van der Waals surface area contributed by atoms with Crippen molar-refractivity contribution in [3.05, 3.63) is 52.2 Å². The molecule has 9 heteroatoms. The second-order valence-corrected chi connectivity index (χ2v) is 9.51. The zero-order valence-electron chi connectivity index (χ0n) is 18.9. The maximum Gasteiger partial charge on any atom is 0.262 e. The average Bonchev–Trinajstić information content (AvgIpc) is 3.36.